The molecule has 0 bridgehead atoms. The zero-order valence-electron chi connectivity index (χ0n) is 14.9. The Morgan fingerprint density at radius 2 is 1.83 bits per heavy atom. The normalized spacial score (nSPS) is 16.0. The summed E-state index contributed by atoms with van der Waals surface area (Å²) in [6, 6.07) is 10.7. The monoisotopic (exact) mass is 327 g/mol. The first kappa shape index (κ1) is 17.0. The summed E-state index contributed by atoms with van der Waals surface area (Å²) in [5.41, 5.74) is 2.65. The van der Waals surface area contributed by atoms with Crippen LogP contribution in [0.15, 0.2) is 42.7 Å². The molecule has 2 aromatic rings. The van der Waals surface area contributed by atoms with Crippen molar-refractivity contribution in [3.05, 3.63) is 48.3 Å². The lowest BCUT2D eigenvalue weighted by molar-refractivity contribution is 0.212. The van der Waals surface area contributed by atoms with Gasteiger partial charge in [-0.05, 0) is 26.1 Å². The SMILES string of the molecule is CCn1cc(CN(C)CCN2CCN(c3ccccc3)CC2)cn1. The number of aromatic nitrogens is 2. The van der Waals surface area contributed by atoms with Crippen LogP contribution in [0, 0.1) is 0 Å². The number of benzene rings is 1. The molecular weight excluding hydrogens is 298 g/mol. The van der Waals surface area contributed by atoms with E-state index in [1.165, 1.54) is 11.3 Å². The van der Waals surface area contributed by atoms with Crippen molar-refractivity contribution in [3.63, 3.8) is 0 Å². The maximum absolute atomic E-state index is 4.35. The Morgan fingerprint density at radius 3 is 2.50 bits per heavy atom. The lowest BCUT2D eigenvalue weighted by Crippen LogP contribution is -2.48. The van der Waals surface area contributed by atoms with Crippen molar-refractivity contribution in [2.75, 3.05) is 51.2 Å². The molecule has 2 heterocycles. The van der Waals surface area contributed by atoms with E-state index < -0.39 is 0 Å². The predicted octanol–water partition coefficient (Wildman–Crippen LogP) is 2.16. The highest BCUT2D eigenvalue weighted by Gasteiger charge is 2.17. The summed E-state index contributed by atoms with van der Waals surface area (Å²) in [5, 5.41) is 4.35. The van der Waals surface area contributed by atoms with Crippen LogP contribution in [-0.2, 0) is 13.1 Å². The maximum atomic E-state index is 4.35. The number of rotatable bonds is 7. The van der Waals surface area contributed by atoms with Crippen molar-refractivity contribution < 1.29 is 0 Å². The van der Waals surface area contributed by atoms with Crippen molar-refractivity contribution in [1.82, 2.24) is 19.6 Å². The zero-order valence-corrected chi connectivity index (χ0v) is 14.9. The summed E-state index contributed by atoms with van der Waals surface area (Å²) in [7, 11) is 2.20. The molecular formula is C19H29N5. The number of piperazine rings is 1. The molecule has 0 N–H and O–H groups in total. The molecule has 0 radical (unpaired) electrons. The molecule has 1 aliphatic rings. The van der Waals surface area contributed by atoms with Crippen LogP contribution in [-0.4, -0.2) is 65.9 Å². The number of aryl methyl sites for hydroxylation is 1. The molecule has 0 spiro atoms. The van der Waals surface area contributed by atoms with Gasteiger partial charge in [0.15, 0.2) is 0 Å². The summed E-state index contributed by atoms with van der Waals surface area (Å²) < 4.78 is 1.99. The van der Waals surface area contributed by atoms with E-state index in [1.54, 1.807) is 0 Å². The van der Waals surface area contributed by atoms with Gasteiger partial charge in [-0.25, -0.2) is 0 Å². The number of nitrogens with zero attached hydrogens (tertiary/aromatic N) is 5. The zero-order chi connectivity index (χ0) is 16.8. The summed E-state index contributed by atoms with van der Waals surface area (Å²) in [5.74, 6) is 0. The van der Waals surface area contributed by atoms with Gasteiger partial charge in [0, 0.05) is 69.8 Å². The molecule has 1 aromatic carbocycles. The molecule has 3 rings (SSSR count). The Bertz CT molecular complexity index is 601. The molecule has 1 aliphatic heterocycles. The van der Waals surface area contributed by atoms with Crippen LogP contribution < -0.4 is 4.90 Å². The van der Waals surface area contributed by atoms with E-state index in [2.05, 4.69) is 70.3 Å². The third-order valence-corrected chi connectivity index (χ3v) is 4.75. The van der Waals surface area contributed by atoms with Gasteiger partial charge in [0.05, 0.1) is 6.20 Å². The standard InChI is InChI=1S/C19H29N5/c1-3-24-17-18(15-20-24)16-21(2)9-10-22-11-13-23(14-12-22)19-7-5-4-6-8-19/h4-8,15,17H,3,9-14,16H2,1-2H3. The molecule has 1 saturated heterocycles. The molecule has 24 heavy (non-hydrogen) atoms. The van der Waals surface area contributed by atoms with Gasteiger partial charge >= 0.3 is 0 Å². The van der Waals surface area contributed by atoms with Crippen molar-refractivity contribution in [2.45, 2.75) is 20.0 Å². The van der Waals surface area contributed by atoms with Gasteiger partial charge in [0.25, 0.3) is 0 Å². The first-order valence-corrected chi connectivity index (χ1v) is 8.97. The summed E-state index contributed by atoms with van der Waals surface area (Å²) in [4.78, 5) is 7.45. The molecule has 5 nitrogen and oxygen atoms in total. The number of para-hydroxylation sites is 1. The molecule has 1 aromatic heterocycles. The van der Waals surface area contributed by atoms with Gasteiger partial charge in [-0.15, -0.1) is 0 Å². The van der Waals surface area contributed by atoms with E-state index >= 15 is 0 Å². The van der Waals surface area contributed by atoms with E-state index in [9.17, 15) is 0 Å². The smallest absolute Gasteiger partial charge is 0.0534 e. The van der Waals surface area contributed by atoms with Crippen LogP contribution in [0.2, 0.25) is 0 Å². The molecule has 1 fully saturated rings. The summed E-state index contributed by atoms with van der Waals surface area (Å²) in [6.45, 7) is 10.8. The molecule has 0 saturated carbocycles. The fourth-order valence-corrected chi connectivity index (χ4v) is 3.23. The Balaban J connectivity index is 1.38. The van der Waals surface area contributed by atoms with Crippen LogP contribution in [0.4, 0.5) is 5.69 Å². The van der Waals surface area contributed by atoms with E-state index in [-0.39, 0.29) is 0 Å². The molecule has 0 aliphatic carbocycles. The van der Waals surface area contributed by atoms with Gasteiger partial charge in [-0.3, -0.25) is 9.58 Å². The Labute approximate surface area is 145 Å². The Hall–Kier alpha value is -1.85. The second-order valence-electron chi connectivity index (χ2n) is 6.61. The third-order valence-electron chi connectivity index (χ3n) is 4.75. The highest BCUT2D eigenvalue weighted by atomic mass is 15.3. The quantitative estimate of drug-likeness (QED) is 0.779. The van der Waals surface area contributed by atoms with E-state index in [0.29, 0.717) is 0 Å². The van der Waals surface area contributed by atoms with E-state index in [4.69, 9.17) is 0 Å². The minimum Gasteiger partial charge on any atom is -0.369 e. The molecule has 0 unspecified atom stereocenters. The van der Waals surface area contributed by atoms with Crippen LogP contribution in [0.1, 0.15) is 12.5 Å². The molecule has 130 valence electrons. The summed E-state index contributed by atoms with van der Waals surface area (Å²) in [6.07, 6.45) is 4.13. The number of hydrogen-bond acceptors (Lipinski definition) is 4. The second kappa shape index (κ2) is 8.31. The second-order valence-corrected chi connectivity index (χ2v) is 6.61. The molecule has 0 amide bonds. The first-order valence-electron chi connectivity index (χ1n) is 8.97. The fourth-order valence-electron chi connectivity index (χ4n) is 3.23. The topological polar surface area (TPSA) is 27.5 Å². The highest BCUT2D eigenvalue weighted by Crippen LogP contribution is 2.15. The van der Waals surface area contributed by atoms with Gasteiger partial charge in [-0.1, -0.05) is 18.2 Å². The van der Waals surface area contributed by atoms with Crippen LogP contribution in [0.25, 0.3) is 0 Å². The van der Waals surface area contributed by atoms with Crippen LogP contribution in [0.5, 0.6) is 0 Å². The lowest BCUT2D eigenvalue weighted by atomic mass is 10.2. The van der Waals surface area contributed by atoms with Crippen molar-refractivity contribution in [3.8, 4) is 0 Å². The minimum atomic E-state index is 0.940. The van der Waals surface area contributed by atoms with Gasteiger partial charge in [-0.2, -0.15) is 5.10 Å². The van der Waals surface area contributed by atoms with Gasteiger partial charge < -0.3 is 9.80 Å². The average Bonchev–Trinajstić information content (AvgIpc) is 3.09. The van der Waals surface area contributed by atoms with Crippen molar-refractivity contribution in [1.29, 1.82) is 0 Å². The highest BCUT2D eigenvalue weighted by molar-refractivity contribution is 5.46. The minimum absolute atomic E-state index is 0.940. The van der Waals surface area contributed by atoms with Crippen molar-refractivity contribution >= 4 is 5.69 Å². The molecule has 0 atom stereocenters. The van der Waals surface area contributed by atoms with Gasteiger partial charge in [0.1, 0.15) is 0 Å². The van der Waals surface area contributed by atoms with Crippen molar-refractivity contribution in [2.24, 2.45) is 0 Å². The number of hydrogen-bond donors (Lipinski definition) is 0. The van der Waals surface area contributed by atoms with E-state index in [1.807, 2.05) is 10.9 Å². The van der Waals surface area contributed by atoms with Crippen LogP contribution in [0.3, 0.4) is 0 Å². The van der Waals surface area contributed by atoms with Crippen LogP contribution >= 0.6 is 0 Å². The maximum Gasteiger partial charge on any atom is 0.0534 e. The molecule has 5 heteroatoms. The third kappa shape index (κ3) is 4.58. The lowest BCUT2D eigenvalue weighted by Gasteiger charge is -2.36. The van der Waals surface area contributed by atoms with Gasteiger partial charge in [0.2, 0.25) is 0 Å². The predicted molar refractivity (Wildman–Crippen MR) is 99.3 cm³/mol. The number of likely N-dealkylation sites (N-methyl/N-ethyl adjacent to an activating group) is 1. The Kier molecular flexibility index (Phi) is 5.88. The largest absolute Gasteiger partial charge is 0.369 e. The Morgan fingerprint density at radius 1 is 1.08 bits per heavy atom. The van der Waals surface area contributed by atoms with E-state index in [0.717, 1.165) is 52.4 Å². The fraction of sp³-hybridized carbons (Fsp3) is 0.526. The average molecular weight is 327 g/mol. The number of anilines is 1. The summed E-state index contributed by atoms with van der Waals surface area (Å²) >= 11 is 0. The first-order chi connectivity index (χ1) is 11.7.